The first kappa shape index (κ1) is 16.2. The smallest absolute Gasteiger partial charge is 0.257 e. The van der Waals surface area contributed by atoms with Crippen LogP contribution in [0.4, 0.5) is 4.39 Å². The summed E-state index contributed by atoms with van der Waals surface area (Å²) >= 11 is 0. The molecular weight excluding hydrogens is 321 g/mol. The molecule has 2 heterocycles. The third-order valence-electron chi connectivity index (χ3n) is 5.13. The van der Waals surface area contributed by atoms with Gasteiger partial charge < -0.3 is 9.42 Å². The molecule has 1 atom stereocenters. The zero-order valence-corrected chi connectivity index (χ0v) is 14.2. The first-order chi connectivity index (χ1) is 12.2. The second-order valence-corrected chi connectivity index (χ2v) is 7.20. The summed E-state index contributed by atoms with van der Waals surface area (Å²) < 4.78 is 18.2. The van der Waals surface area contributed by atoms with Crippen LogP contribution in [-0.2, 0) is 11.2 Å². The molecule has 1 aromatic carbocycles. The summed E-state index contributed by atoms with van der Waals surface area (Å²) in [6, 6.07) is 6.02. The molecule has 4 rings (SSSR count). The van der Waals surface area contributed by atoms with Crippen molar-refractivity contribution in [1.82, 2.24) is 15.0 Å². The normalized spacial score (nSPS) is 20.2. The van der Waals surface area contributed by atoms with Crippen molar-refractivity contribution in [2.75, 3.05) is 13.1 Å². The maximum Gasteiger partial charge on any atom is 0.257 e. The SMILES string of the molecule is O=C(CC1CC1)N1CCC(CCc2noc(-c3ccc(F)cc3)n2)C1. The number of benzene rings is 1. The number of aromatic nitrogens is 2. The quantitative estimate of drug-likeness (QED) is 0.806. The van der Waals surface area contributed by atoms with Crippen LogP contribution in [0, 0.1) is 17.7 Å². The van der Waals surface area contributed by atoms with Crippen molar-refractivity contribution in [3.63, 3.8) is 0 Å². The van der Waals surface area contributed by atoms with E-state index in [1.807, 2.05) is 4.90 Å². The fourth-order valence-electron chi connectivity index (χ4n) is 3.39. The molecule has 6 heteroatoms. The van der Waals surface area contributed by atoms with Crippen LogP contribution in [0.15, 0.2) is 28.8 Å². The van der Waals surface area contributed by atoms with Crippen LogP contribution in [0.1, 0.15) is 37.9 Å². The molecule has 1 aromatic heterocycles. The molecule has 1 saturated carbocycles. The van der Waals surface area contributed by atoms with Crippen molar-refractivity contribution in [3.05, 3.63) is 35.9 Å². The summed E-state index contributed by atoms with van der Waals surface area (Å²) in [6.07, 6.45) is 5.92. The highest BCUT2D eigenvalue weighted by Gasteiger charge is 2.31. The van der Waals surface area contributed by atoms with Crippen LogP contribution in [0.5, 0.6) is 0 Å². The maximum absolute atomic E-state index is 13.0. The van der Waals surface area contributed by atoms with Gasteiger partial charge in [0.1, 0.15) is 5.82 Å². The van der Waals surface area contributed by atoms with Crippen molar-refractivity contribution < 1.29 is 13.7 Å². The van der Waals surface area contributed by atoms with E-state index in [0.29, 0.717) is 29.5 Å². The van der Waals surface area contributed by atoms with E-state index in [9.17, 15) is 9.18 Å². The van der Waals surface area contributed by atoms with Gasteiger partial charge in [0.05, 0.1) is 0 Å². The van der Waals surface area contributed by atoms with Crippen LogP contribution in [0.3, 0.4) is 0 Å². The van der Waals surface area contributed by atoms with Gasteiger partial charge in [0.25, 0.3) is 5.89 Å². The van der Waals surface area contributed by atoms with Crippen molar-refractivity contribution in [1.29, 1.82) is 0 Å². The topological polar surface area (TPSA) is 59.2 Å². The average molecular weight is 343 g/mol. The lowest BCUT2D eigenvalue weighted by Gasteiger charge is -2.16. The van der Waals surface area contributed by atoms with E-state index in [-0.39, 0.29) is 5.82 Å². The Morgan fingerprint density at radius 3 is 2.76 bits per heavy atom. The molecule has 0 N–H and O–H groups in total. The Morgan fingerprint density at radius 1 is 1.20 bits per heavy atom. The summed E-state index contributed by atoms with van der Waals surface area (Å²) in [5.41, 5.74) is 0.720. The third kappa shape index (κ3) is 4.06. The Bertz CT molecular complexity index is 739. The molecule has 25 heavy (non-hydrogen) atoms. The number of nitrogens with zero attached hydrogens (tertiary/aromatic N) is 3. The highest BCUT2D eigenvalue weighted by atomic mass is 19.1. The predicted octanol–water partition coefficient (Wildman–Crippen LogP) is 3.46. The Labute approximate surface area is 146 Å². The number of aryl methyl sites for hydroxylation is 1. The molecule has 0 spiro atoms. The number of hydrogen-bond donors (Lipinski definition) is 0. The van der Waals surface area contributed by atoms with Crippen molar-refractivity contribution in [2.45, 2.75) is 38.5 Å². The van der Waals surface area contributed by atoms with Crippen LogP contribution in [-0.4, -0.2) is 34.0 Å². The Balaban J connectivity index is 1.27. The van der Waals surface area contributed by atoms with Crippen LogP contribution < -0.4 is 0 Å². The lowest BCUT2D eigenvalue weighted by atomic mass is 10.0. The molecular formula is C19H22FN3O2. The maximum atomic E-state index is 13.0. The Hall–Kier alpha value is -2.24. The minimum Gasteiger partial charge on any atom is -0.342 e. The molecule has 2 aliphatic rings. The summed E-state index contributed by atoms with van der Waals surface area (Å²) in [6.45, 7) is 1.73. The van der Waals surface area contributed by atoms with E-state index in [1.54, 1.807) is 12.1 Å². The highest BCUT2D eigenvalue weighted by Crippen LogP contribution is 2.34. The van der Waals surface area contributed by atoms with E-state index in [2.05, 4.69) is 10.1 Å². The van der Waals surface area contributed by atoms with E-state index in [0.717, 1.165) is 44.3 Å². The largest absolute Gasteiger partial charge is 0.342 e. The minimum atomic E-state index is -0.287. The monoisotopic (exact) mass is 343 g/mol. The van der Waals surface area contributed by atoms with Gasteiger partial charge in [0, 0.05) is 31.5 Å². The lowest BCUT2D eigenvalue weighted by molar-refractivity contribution is -0.130. The molecule has 0 radical (unpaired) electrons. The van der Waals surface area contributed by atoms with Crippen molar-refractivity contribution in [2.24, 2.45) is 11.8 Å². The first-order valence-electron chi connectivity index (χ1n) is 9.03. The number of carbonyl (C=O) groups is 1. The summed E-state index contributed by atoms with van der Waals surface area (Å²) in [7, 11) is 0. The van der Waals surface area contributed by atoms with Gasteiger partial charge in [-0.3, -0.25) is 4.79 Å². The van der Waals surface area contributed by atoms with E-state index < -0.39 is 0 Å². The van der Waals surface area contributed by atoms with Gasteiger partial charge in [-0.15, -0.1) is 0 Å². The Morgan fingerprint density at radius 2 is 2.00 bits per heavy atom. The average Bonchev–Trinajstić information content (AvgIpc) is 3.12. The third-order valence-corrected chi connectivity index (χ3v) is 5.13. The molecule has 1 aliphatic carbocycles. The molecule has 1 aliphatic heterocycles. The van der Waals surface area contributed by atoms with E-state index in [1.165, 1.54) is 25.0 Å². The Kier molecular flexibility index (Phi) is 4.51. The van der Waals surface area contributed by atoms with E-state index >= 15 is 0 Å². The van der Waals surface area contributed by atoms with Gasteiger partial charge in [-0.25, -0.2) is 4.39 Å². The molecule has 1 amide bonds. The second-order valence-electron chi connectivity index (χ2n) is 7.20. The number of hydrogen-bond acceptors (Lipinski definition) is 4. The zero-order valence-electron chi connectivity index (χ0n) is 14.2. The van der Waals surface area contributed by atoms with E-state index in [4.69, 9.17) is 4.52 Å². The summed E-state index contributed by atoms with van der Waals surface area (Å²) in [5.74, 6) is 2.28. The van der Waals surface area contributed by atoms with Gasteiger partial charge in [0.2, 0.25) is 5.91 Å². The van der Waals surface area contributed by atoms with Gasteiger partial charge in [-0.2, -0.15) is 4.98 Å². The lowest BCUT2D eigenvalue weighted by Crippen LogP contribution is -2.28. The number of halogens is 1. The molecule has 1 saturated heterocycles. The van der Waals surface area contributed by atoms with Gasteiger partial charge in [-0.05, 0) is 61.8 Å². The number of rotatable bonds is 6. The molecule has 2 aromatic rings. The molecule has 132 valence electrons. The number of likely N-dealkylation sites (tertiary alicyclic amines) is 1. The minimum absolute atomic E-state index is 0.287. The van der Waals surface area contributed by atoms with Gasteiger partial charge >= 0.3 is 0 Å². The van der Waals surface area contributed by atoms with Crippen molar-refractivity contribution in [3.8, 4) is 11.5 Å². The van der Waals surface area contributed by atoms with Crippen molar-refractivity contribution >= 4 is 5.91 Å². The van der Waals surface area contributed by atoms with Crippen LogP contribution >= 0.6 is 0 Å². The van der Waals surface area contributed by atoms with Crippen LogP contribution in [0.25, 0.3) is 11.5 Å². The molecule has 0 bridgehead atoms. The second kappa shape index (κ2) is 6.94. The van der Waals surface area contributed by atoms with Gasteiger partial charge in [0.15, 0.2) is 5.82 Å². The first-order valence-corrected chi connectivity index (χ1v) is 9.03. The predicted molar refractivity (Wildman–Crippen MR) is 90.0 cm³/mol. The fraction of sp³-hybridized carbons (Fsp3) is 0.526. The summed E-state index contributed by atoms with van der Waals surface area (Å²) in [4.78, 5) is 18.6. The number of amides is 1. The fourth-order valence-corrected chi connectivity index (χ4v) is 3.39. The molecule has 1 unspecified atom stereocenters. The molecule has 5 nitrogen and oxygen atoms in total. The highest BCUT2D eigenvalue weighted by molar-refractivity contribution is 5.77. The number of carbonyl (C=O) groups excluding carboxylic acids is 1. The zero-order chi connectivity index (χ0) is 17.2. The van der Waals surface area contributed by atoms with Crippen LogP contribution in [0.2, 0.25) is 0 Å². The molecule has 2 fully saturated rings. The van der Waals surface area contributed by atoms with Gasteiger partial charge in [-0.1, -0.05) is 5.16 Å². The summed E-state index contributed by atoms with van der Waals surface area (Å²) in [5, 5.41) is 4.02. The standard InChI is InChI=1S/C19H22FN3O2/c20-16-6-4-15(5-7-16)19-21-17(22-25-19)8-3-14-9-10-23(12-14)18(24)11-13-1-2-13/h4-7,13-14H,1-3,8-12H2.